The Labute approximate surface area is 150 Å². The smallest absolute Gasteiger partial charge is 0.170 e. The van der Waals surface area contributed by atoms with E-state index in [1.54, 1.807) is 18.3 Å². The van der Waals surface area contributed by atoms with Gasteiger partial charge in [-0.2, -0.15) is 0 Å². The number of rotatable bonds is 6. The third-order valence-electron chi connectivity index (χ3n) is 3.37. The first-order chi connectivity index (χ1) is 11.5. The van der Waals surface area contributed by atoms with Crippen LogP contribution in [-0.2, 0) is 19.2 Å². The zero-order valence-electron chi connectivity index (χ0n) is 12.7. The van der Waals surface area contributed by atoms with Crippen molar-refractivity contribution in [1.82, 2.24) is 19.9 Å². The van der Waals surface area contributed by atoms with Crippen molar-refractivity contribution in [3.63, 3.8) is 0 Å². The van der Waals surface area contributed by atoms with Crippen LogP contribution in [0.25, 0.3) is 0 Å². The molecular formula is C15H13BrFN5OS. The van der Waals surface area contributed by atoms with Crippen LogP contribution in [-0.4, -0.2) is 25.6 Å². The van der Waals surface area contributed by atoms with Crippen molar-refractivity contribution < 1.29 is 9.02 Å². The van der Waals surface area contributed by atoms with E-state index < -0.39 is 0 Å². The van der Waals surface area contributed by atoms with E-state index >= 15 is 0 Å². The Morgan fingerprint density at radius 2 is 2.25 bits per heavy atom. The third-order valence-corrected chi connectivity index (χ3v) is 4.92. The van der Waals surface area contributed by atoms with Gasteiger partial charge in [0.25, 0.3) is 0 Å². The van der Waals surface area contributed by atoms with E-state index in [1.807, 2.05) is 17.8 Å². The van der Waals surface area contributed by atoms with Gasteiger partial charge in [0.1, 0.15) is 11.6 Å². The highest BCUT2D eigenvalue weighted by Gasteiger charge is 2.17. The lowest BCUT2D eigenvalue weighted by Gasteiger charge is -2.04. The number of aromatic nitrogens is 4. The number of aryl methyl sites for hydroxylation is 1. The Morgan fingerprint density at radius 1 is 1.42 bits per heavy atom. The first-order valence-corrected chi connectivity index (χ1v) is 8.75. The van der Waals surface area contributed by atoms with Crippen molar-refractivity contribution >= 4 is 33.4 Å². The van der Waals surface area contributed by atoms with Crippen LogP contribution in [0.1, 0.15) is 17.1 Å². The van der Waals surface area contributed by atoms with Gasteiger partial charge in [-0.3, -0.25) is 0 Å². The van der Waals surface area contributed by atoms with Crippen LogP contribution in [0.5, 0.6) is 0 Å². The molecule has 6 nitrogen and oxygen atoms in total. The van der Waals surface area contributed by atoms with Gasteiger partial charge >= 0.3 is 0 Å². The molecule has 0 atom stereocenters. The highest BCUT2D eigenvalue weighted by molar-refractivity contribution is 9.10. The molecule has 9 heteroatoms. The predicted molar refractivity (Wildman–Crippen MR) is 91.7 cm³/mol. The number of imidazole rings is 1. The summed E-state index contributed by atoms with van der Waals surface area (Å²) in [5.74, 6) is 1.16. The molecule has 0 saturated carbocycles. The Bertz CT molecular complexity index is 878. The second-order valence-corrected chi connectivity index (χ2v) is 6.88. The maximum absolute atomic E-state index is 13.3. The average molecular weight is 410 g/mol. The van der Waals surface area contributed by atoms with Gasteiger partial charge < -0.3 is 9.98 Å². The topological polar surface area (TPSA) is 80.6 Å². The van der Waals surface area contributed by atoms with Crippen LogP contribution in [0.4, 0.5) is 4.39 Å². The summed E-state index contributed by atoms with van der Waals surface area (Å²) in [6.07, 6.45) is 3.90. The number of halogens is 2. The van der Waals surface area contributed by atoms with Gasteiger partial charge in [0, 0.05) is 25.9 Å². The molecule has 0 saturated heterocycles. The number of benzene rings is 1. The molecule has 0 unspecified atom stereocenters. The fourth-order valence-electron chi connectivity index (χ4n) is 2.07. The van der Waals surface area contributed by atoms with Gasteiger partial charge in [-0.1, -0.05) is 17.8 Å². The van der Waals surface area contributed by atoms with Crippen LogP contribution in [0.15, 0.2) is 44.7 Å². The average Bonchev–Trinajstić information content (AvgIpc) is 3.17. The monoisotopic (exact) mass is 409 g/mol. The lowest BCUT2D eigenvalue weighted by Crippen LogP contribution is -2.06. The van der Waals surface area contributed by atoms with Crippen LogP contribution in [0.2, 0.25) is 0 Å². The van der Waals surface area contributed by atoms with Crippen molar-refractivity contribution in [1.29, 1.82) is 5.41 Å². The van der Waals surface area contributed by atoms with E-state index in [9.17, 15) is 4.39 Å². The van der Waals surface area contributed by atoms with Gasteiger partial charge in [-0.25, -0.2) is 14.0 Å². The Balaban J connectivity index is 1.70. The molecule has 2 aromatic heterocycles. The summed E-state index contributed by atoms with van der Waals surface area (Å²) < 4.78 is 20.4. The third kappa shape index (κ3) is 3.73. The molecule has 24 heavy (non-hydrogen) atoms. The van der Waals surface area contributed by atoms with Gasteiger partial charge in [-0.05, 0) is 43.9 Å². The molecule has 3 aromatic rings. The second-order valence-electron chi connectivity index (χ2n) is 5.06. The Hall–Kier alpha value is -2.00. The van der Waals surface area contributed by atoms with Gasteiger partial charge in [0.05, 0.1) is 15.9 Å². The first-order valence-electron chi connectivity index (χ1n) is 6.98. The molecule has 1 aromatic carbocycles. The molecule has 0 amide bonds. The lowest BCUT2D eigenvalue weighted by molar-refractivity contribution is 0.298. The van der Waals surface area contributed by atoms with E-state index in [2.05, 4.69) is 31.2 Å². The fourth-order valence-corrected chi connectivity index (χ4v) is 3.42. The molecular weight excluding hydrogens is 397 g/mol. The zero-order chi connectivity index (χ0) is 17.1. The standard InChI is InChI=1S/C15H13BrFN5OS/c1-22-5-4-19-13(22)8-24-15-14(20-23-21-15)12(18)7-9-2-3-11(17)10(16)6-9/h2-6,18H,7-8H2,1H3. The minimum atomic E-state index is -0.334. The molecule has 0 spiro atoms. The van der Waals surface area contributed by atoms with E-state index in [-0.39, 0.29) is 11.5 Å². The number of nitrogens with zero attached hydrogens (tertiary/aromatic N) is 4. The maximum atomic E-state index is 13.3. The predicted octanol–water partition coefficient (Wildman–Crippen LogP) is 3.61. The molecule has 1 N–H and O–H groups in total. The van der Waals surface area contributed by atoms with Crippen LogP contribution in [0, 0.1) is 11.2 Å². The SMILES string of the molecule is Cn1ccnc1CSc1nonc1C(=N)Cc1ccc(F)c(Br)c1. The minimum Gasteiger partial charge on any atom is -0.337 e. The highest BCUT2D eigenvalue weighted by atomic mass is 79.9. The molecule has 0 bridgehead atoms. The quantitative estimate of drug-likeness (QED) is 0.496. The van der Waals surface area contributed by atoms with Crippen molar-refractivity contribution in [3.8, 4) is 0 Å². The second kappa shape index (κ2) is 7.27. The minimum absolute atomic E-state index is 0.261. The Kier molecular flexibility index (Phi) is 5.10. The van der Waals surface area contributed by atoms with E-state index in [0.717, 1.165) is 11.4 Å². The molecule has 0 aliphatic rings. The van der Waals surface area contributed by atoms with Crippen molar-refractivity contribution in [3.05, 3.63) is 58.0 Å². The summed E-state index contributed by atoms with van der Waals surface area (Å²) in [4.78, 5) is 4.24. The summed E-state index contributed by atoms with van der Waals surface area (Å²) in [6.45, 7) is 0. The Morgan fingerprint density at radius 3 is 2.96 bits per heavy atom. The normalized spacial score (nSPS) is 11.0. The molecule has 0 aliphatic carbocycles. The van der Waals surface area contributed by atoms with Crippen LogP contribution < -0.4 is 0 Å². The van der Waals surface area contributed by atoms with Gasteiger partial charge in [0.2, 0.25) is 0 Å². The summed E-state index contributed by atoms with van der Waals surface area (Å²) in [6, 6.07) is 4.66. The maximum Gasteiger partial charge on any atom is 0.170 e. The molecule has 124 valence electrons. The summed E-state index contributed by atoms with van der Waals surface area (Å²) in [7, 11) is 1.92. The van der Waals surface area contributed by atoms with Crippen LogP contribution >= 0.6 is 27.7 Å². The summed E-state index contributed by atoms with van der Waals surface area (Å²) in [5, 5.41) is 16.5. The molecule has 0 radical (unpaired) electrons. The largest absolute Gasteiger partial charge is 0.337 e. The van der Waals surface area contributed by atoms with E-state index in [4.69, 9.17) is 10.0 Å². The lowest BCUT2D eigenvalue weighted by atomic mass is 10.1. The number of nitrogens with one attached hydrogen (secondary N) is 1. The summed E-state index contributed by atoms with van der Waals surface area (Å²) in [5.41, 5.74) is 1.46. The molecule has 0 aliphatic heterocycles. The molecule has 0 fully saturated rings. The summed E-state index contributed by atoms with van der Waals surface area (Å²) >= 11 is 4.56. The number of hydrogen-bond donors (Lipinski definition) is 1. The van der Waals surface area contributed by atoms with Crippen LogP contribution in [0.3, 0.4) is 0 Å². The number of hydrogen-bond acceptors (Lipinski definition) is 6. The van der Waals surface area contributed by atoms with Crippen molar-refractivity contribution in [2.45, 2.75) is 17.2 Å². The van der Waals surface area contributed by atoms with E-state index in [0.29, 0.717) is 27.4 Å². The fraction of sp³-hybridized carbons (Fsp3) is 0.200. The highest BCUT2D eigenvalue weighted by Crippen LogP contribution is 2.24. The van der Waals surface area contributed by atoms with Crippen molar-refractivity contribution in [2.75, 3.05) is 0 Å². The first kappa shape index (κ1) is 16.8. The zero-order valence-corrected chi connectivity index (χ0v) is 15.1. The van der Waals surface area contributed by atoms with Gasteiger partial charge in [-0.15, -0.1) is 0 Å². The number of thioether (sulfide) groups is 1. The van der Waals surface area contributed by atoms with Crippen molar-refractivity contribution in [2.24, 2.45) is 7.05 Å². The molecule has 2 heterocycles. The molecule has 3 rings (SSSR count). The van der Waals surface area contributed by atoms with Gasteiger partial charge in [0.15, 0.2) is 10.7 Å². The van der Waals surface area contributed by atoms with E-state index in [1.165, 1.54) is 17.8 Å².